The normalized spacial score (nSPS) is 11.6. The first kappa shape index (κ1) is 21.6. The summed E-state index contributed by atoms with van der Waals surface area (Å²) in [5, 5.41) is 20.2. The van der Waals surface area contributed by atoms with Gasteiger partial charge in [-0.1, -0.05) is 17.7 Å². The molecule has 154 valence electrons. The molecule has 30 heavy (non-hydrogen) atoms. The van der Waals surface area contributed by atoms with Crippen LogP contribution in [0.15, 0.2) is 74.8 Å². The molecule has 0 bridgehead atoms. The maximum atomic E-state index is 12.4. The van der Waals surface area contributed by atoms with E-state index in [4.69, 9.17) is 0 Å². The molecular weight excluding hydrogens is 491 g/mol. The Bertz CT molecular complexity index is 1200. The summed E-state index contributed by atoms with van der Waals surface area (Å²) in [5.74, 6) is 0. The van der Waals surface area contributed by atoms with Crippen LogP contribution >= 0.6 is 0 Å². The number of aromatic nitrogens is 2. The molecule has 0 saturated heterocycles. The van der Waals surface area contributed by atoms with Crippen molar-refractivity contribution in [1.29, 1.82) is 0 Å². The van der Waals surface area contributed by atoms with Crippen molar-refractivity contribution in [2.45, 2.75) is 13.8 Å². The van der Waals surface area contributed by atoms with Gasteiger partial charge >= 0.3 is 149 Å². The topological polar surface area (TPSA) is 87.2 Å². The maximum absolute atomic E-state index is 12.4. The number of hydrogen-bond acceptors (Lipinski definition) is 5. The Morgan fingerprint density at radius 1 is 0.900 bits per heavy atom. The molecule has 0 aliphatic carbocycles. The van der Waals surface area contributed by atoms with Gasteiger partial charge in [0.2, 0.25) is 0 Å². The van der Waals surface area contributed by atoms with Crippen LogP contribution in [0, 0.1) is 13.8 Å². The van der Waals surface area contributed by atoms with Crippen LogP contribution in [0.1, 0.15) is 22.4 Å². The number of benzene rings is 2. The van der Waals surface area contributed by atoms with Crippen molar-refractivity contribution in [1.82, 2.24) is 7.99 Å². The summed E-state index contributed by atoms with van der Waals surface area (Å²) >= 11 is -0.428. The van der Waals surface area contributed by atoms with Crippen LogP contribution in [0.25, 0.3) is 12.2 Å². The van der Waals surface area contributed by atoms with Gasteiger partial charge in [-0.3, -0.25) is 0 Å². The first-order valence-electron chi connectivity index (χ1n) is 9.12. The first-order valence-corrected chi connectivity index (χ1v) is 12.2. The third-order valence-corrected chi connectivity index (χ3v) is 6.03. The minimum atomic E-state index is -0.428. The van der Waals surface area contributed by atoms with Crippen LogP contribution in [-0.2, 0) is 0 Å². The van der Waals surface area contributed by atoms with Crippen molar-refractivity contribution in [3.63, 3.8) is 0 Å². The van der Waals surface area contributed by atoms with E-state index < -0.39 is 21.5 Å². The second-order valence-electron chi connectivity index (χ2n) is 6.42. The van der Waals surface area contributed by atoms with Crippen LogP contribution in [0.2, 0.25) is 0 Å². The molecule has 8 heteroatoms. The molecule has 3 rings (SSSR count). The zero-order valence-electron chi connectivity index (χ0n) is 17.1. The van der Waals surface area contributed by atoms with Crippen molar-refractivity contribution in [2.75, 3.05) is 4.93 Å². The Morgan fingerprint density at radius 3 is 1.97 bits per heavy atom. The van der Waals surface area contributed by atoms with Gasteiger partial charge in [0.15, 0.2) is 0 Å². The molecule has 0 spiro atoms. The van der Waals surface area contributed by atoms with E-state index in [1.807, 2.05) is 43.0 Å². The standard InChI is InChI=1S/C22H22IN6O/c1-6-17-18(7-2)20(26-27-21-15(4)28-29(23-5)22(21)30)13-12-19(17)25-24-16-10-8-14(3)9-11-16/h6-13,28H,1-2H2,3-5H3/q-1. The number of nitrogens with one attached hydrogen (secondary N) is 1. The van der Waals surface area contributed by atoms with Crippen LogP contribution in [0.4, 0.5) is 22.7 Å². The Morgan fingerprint density at radius 2 is 1.47 bits per heavy atom. The average Bonchev–Trinajstić information content (AvgIpc) is 3.04. The minimum absolute atomic E-state index is 0.154. The van der Waals surface area contributed by atoms with E-state index in [-0.39, 0.29) is 5.56 Å². The molecule has 1 aromatic heterocycles. The molecule has 0 fully saturated rings. The van der Waals surface area contributed by atoms with Crippen LogP contribution in [0.5, 0.6) is 0 Å². The van der Waals surface area contributed by atoms with Gasteiger partial charge in [0, 0.05) is 0 Å². The van der Waals surface area contributed by atoms with Crippen molar-refractivity contribution in [3.8, 4) is 0 Å². The van der Waals surface area contributed by atoms with E-state index in [0.29, 0.717) is 22.8 Å². The van der Waals surface area contributed by atoms with E-state index in [2.05, 4.69) is 38.7 Å². The summed E-state index contributed by atoms with van der Waals surface area (Å²) in [6.07, 6.45) is 3.37. The molecule has 0 unspecified atom stereocenters. The zero-order valence-corrected chi connectivity index (χ0v) is 19.2. The van der Waals surface area contributed by atoms with Gasteiger partial charge in [-0.05, 0) is 19.1 Å². The number of aryl methyl sites for hydroxylation is 2. The quantitative estimate of drug-likeness (QED) is 0.293. The van der Waals surface area contributed by atoms with E-state index in [9.17, 15) is 4.79 Å². The third-order valence-electron chi connectivity index (χ3n) is 4.39. The van der Waals surface area contributed by atoms with E-state index in [1.165, 1.54) is 0 Å². The van der Waals surface area contributed by atoms with E-state index in [1.54, 1.807) is 27.2 Å². The SMILES string of the molecule is C=Cc1c(N=Nc2ccc(C)cc2)ccc(N=Nc2c(C)[nH]n([I-]C)c2=O)c1C=C. The number of azo groups is 2. The molecule has 7 nitrogen and oxygen atoms in total. The van der Waals surface area contributed by atoms with Crippen LogP contribution in [0.3, 0.4) is 0 Å². The fraction of sp³-hybridized carbons (Fsp3) is 0.136. The van der Waals surface area contributed by atoms with Crippen molar-refractivity contribution in [2.24, 2.45) is 20.5 Å². The number of halogens is 1. The van der Waals surface area contributed by atoms with Gasteiger partial charge in [0.1, 0.15) is 0 Å². The van der Waals surface area contributed by atoms with Crippen LogP contribution < -0.4 is 27.0 Å². The fourth-order valence-electron chi connectivity index (χ4n) is 2.78. The molecule has 0 aliphatic heterocycles. The molecule has 0 saturated carbocycles. The Hall–Kier alpha value is -3.14. The molecule has 0 amide bonds. The van der Waals surface area contributed by atoms with E-state index in [0.717, 1.165) is 22.4 Å². The van der Waals surface area contributed by atoms with Gasteiger partial charge in [-0.2, -0.15) is 0 Å². The molecular formula is C22H22IN6O-. The van der Waals surface area contributed by atoms with Gasteiger partial charge in [0.05, 0.1) is 0 Å². The number of aromatic amines is 1. The average molecular weight is 513 g/mol. The first-order chi connectivity index (χ1) is 14.5. The van der Waals surface area contributed by atoms with Gasteiger partial charge < -0.3 is 0 Å². The van der Waals surface area contributed by atoms with E-state index >= 15 is 0 Å². The Balaban J connectivity index is 1.99. The monoisotopic (exact) mass is 513 g/mol. The van der Waals surface area contributed by atoms with Gasteiger partial charge in [-0.15, -0.1) is 0 Å². The second-order valence-corrected chi connectivity index (χ2v) is 8.35. The Labute approximate surface area is 185 Å². The van der Waals surface area contributed by atoms with Crippen LogP contribution in [-0.4, -0.2) is 12.9 Å². The summed E-state index contributed by atoms with van der Waals surface area (Å²) < 4.78 is 1.60. The third kappa shape index (κ3) is 4.54. The number of H-pyrrole nitrogens is 1. The molecule has 1 heterocycles. The van der Waals surface area contributed by atoms with Gasteiger partial charge in [-0.25, -0.2) is 0 Å². The number of rotatable bonds is 7. The van der Waals surface area contributed by atoms with Crippen molar-refractivity contribution in [3.05, 3.63) is 82.3 Å². The summed E-state index contributed by atoms with van der Waals surface area (Å²) in [6, 6.07) is 11.4. The molecule has 0 atom stereocenters. The summed E-state index contributed by atoms with van der Waals surface area (Å²) in [6.45, 7) is 11.6. The number of nitrogens with zero attached hydrogens (tertiary/aromatic N) is 5. The predicted molar refractivity (Wildman–Crippen MR) is 117 cm³/mol. The zero-order chi connectivity index (χ0) is 21.7. The summed E-state index contributed by atoms with van der Waals surface area (Å²) in [5.41, 5.74) is 5.48. The molecule has 0 radical (unpaired) electrons. The summed E-state index contributed by atoms with van der Waals surface area (Å²) in [4.78, 5) is 14.3. The van der Waals surface area contributed by atoms with Crippen molar-refractivity contribution >= 4 is 34.9 Å². The van der Waals surface area contributed by atoms with Crippen molar-refractivity contribution < 1.29 is 21.5 Å². The molecule has 3 aromatic rings. The molecule has 1 N–H and O–H groups in total. The summed E-state index contributed by atoms with van der Waals surface area (Å²) in [7, 11) is 0. The number of alkyl halides is 1. The second kappa shape index (κ2) is 9.57. The fourth-order valence-corrected chi connectivity index (χ4v) is 4.05. The Kier molecular flexibility index (Phi) is 6.88. The number of hydrogen-bond donors (Lipinski definition) is 1. The molecule has 0 aliphatic rings. The predicted octanol–water partition coefficient (Wildman–Crippen LogP) is 3.39. The molecule has 2 aromatic carbocycles. The van der Waals surface area contributed by atoms with Gasteiger partial charge in [0.25, 0.3) is 0 Å².